The zero-order valence-corrected chi connectivity index (χ0v) is 10.0. The molecule has 1 saturated carbocycles. The molecule has 0 bridgehead atoms. The average Bonchev–Trinajstić information content (AvgIpc) is 2.23. The Labute approximate surface area is 94.4 Å². The molecule has 0 heterocycles. The predicted molar refractivity (Wildman–Crippen MR) is 56.0 cm³/mol. The van der Waals surface area contributed by atoms with E-state index in [2.05, 4.69) is 0 Å². The van der Waals surface area contributed by atoms with Gasteiger partial charge in [0.25, 0.3) is 0 Å². The second-order valence-electron chi connectivity index (χ2n) is 5.74. The number of carbonyl (C=O) groups is 1. The SMILES string of the molecule is CC(C)(C)C1CCC(=O)C(C(F)(F)F)CC1. The molecular formula is C12H19F3O. The molecule has 16 heavy (non-hydrogen) atoms. The maximum absolute atomic E-state index is 12.6. The summed E-state index contributed by atoms with van der Waals surface area (Å²) in [6, 6.07) is 0. The van der Waals surface area contributed by atoms with Crippen molar-refractivity contribution in [3.8, 4) is 0 Å². The van der Waals surface area contributed by atoms with Gasteiger partial charge in [0.05, 0.1) is 0 Å². The van der Waals surface area contributed by atoms with Gasteiger partial charge in [-0.1, -0.05) is 20.8 Å². The quantitative estimate of drug-likeness (QED) is 0.581. The molecule has 0 aromatic rings. The van der Waals surface area contributed by atoms with E-state index in [1.54, 1.807) is 0 Å². The Morgan fingerprint density at radius 2 is 1.62 bits per heavy atom. The lowest BCUT2D eigenvalue weighted by molar-refractivity contribution is -0.182. The van der Waals surface area contributed by atoms with Crippen molar-refractivity contribution in [2.75, 3.05) is 0 Å². The lowest BCUT2D eigenvalue weighted by Gasteiger charge is -2.29. The van der Waals surface area contributed by atoms with Crippen LogP contribution in [-0.2, 0) is 4.79 Å². The molecule has 1 nitrogen and oxygen atoms in total. The number of alkyl halides is 3. The fraction of sp³-hybridized carbons (Fsp3) is 0.917. The molecule has 0 aliphatic heterocycles. The van der Waals surface area contributed by atoms with Crippen molar-refractivity contribution in [3.63, 3.8) is 0 Å². The topological polar surface area (TPSA) is 17.1 Å². The summed E-state index contributed by atoms with van der Waals surface area (Å²) in [4.78, 5) is 11.4. The molecule has 2 unspecified atom stereocenters. The molecule has 1 aliphatic carbocycles. The highest BCUT2D eigenvalue weighted by atomic mass is 19.4. The summed E-state index contributed by atoms with van der Waals surface area (Å²) in [5.74, 6) is -2.14. The van der Waals surface area contributed by atoms with E-state index in [0.717, 1.165) is 0 Å². The van der Waals surface area contributed by atoms with E-state index in [1.165, 1.54) is 0 Å². The van der Waals surface area contributed by atoms with E-state index < -0.39 is 17.9 Å². The lowest BCUT2D eigenvalue weighted by atomic mass is 9.76. The number of hydrogen-bond donors (Lipinski definition) is 0. The summed E-state index contributed by atoms with van der Waals surface area (Å²) < 4.78 is 37.7. The van der Waals surface area contributed by atoms with Crippen LogP contribution in [-0.4, -0.2) is 12.0 Å². The molecule has 0 amide bonds. The van der Waals surface area contributed by atoms with Crippen LogP contribution >= 0.6 is 0 Å². The summed E-state index contributed by atoms with van der Waals surface area (Å²) in [6.45, 7) is 6.07. The average molecular weight is 236 g/mol. The number of carbonyl (C=O) groups excluding carboxylic acids is 1. The Hall–Kier alpha value is -0.540. The van der Waals surface area contributed by atoms with Crippen molar-refractivity contribution >= 4 is 5.78 Å². The number of Topliss-reactive ketones (excluding diaryl/α,β-unsaturated/α-hetero) is 1. The van der Waals surface area contributed by atoms with Crippen molar-refractivity contribution in [1.29, 1.82) is 0 Å². The molecule has 0 aromatic carbocycles. The van der Waals surface area contributed by atoms with E-state index in [9.17, 15) is 18.0 Å². The molecule has 0 aromatic heterocycles. The van der Waals surface area contributed by atoms with Gasteiger partial charge in [0.1, 0.15) is 11.7 Å². The second kappa shape index (κ2) is 4.38. The highest BCUT2D eigenvalue weighted by molar-refractivity contribution is 5.82. The number of hydrogen-bond acceptors (Lipinski definition) is 1. The minimum Gasteiger partial charge on any atom is -0.299 e. The predicted octanol–water partition coefficient (Wildman–Crippen LogP) is 3.97. The maximum Gasteiger partial charge on any atom is 0.398 e. The van der Waals surface area contributed by atoms with Crippen LogP contribution in [0.3, 0.4) is 0 Å². The molecule has 4 heteroatoms. The highest BCUT2D eigenvalue weighted by Crippen LogP contribution is 2.41. The van der Waals surface area contributed by atoms with Gasteiger partial charge in [0.2, 0.25) is 0 Å². The summed E-state index contributed by atoms with van der Waals surface area (Å²) in [6.07, 6.45) is -3.23. The molecule has 0 spiro atoms. The van der Waals surface area contributed by atoms with Gasteiger partial charge in [-0.2, -0.15) is 13.2 Å². The minimum atomic E-state index is -4.36. The monoisotopic (exact) mass is 236 g/mol. The Balaban J connectivity index is 2.74. The molecule has 0 N–H and O–H groups in total. The van der Waals surface area contributed by atoms with E-state index in [-0.39, 0.29) is 24.2 Å². The minimum absolute atomic E-state index is 0.0131. The summed E-state index contributed by atoms with van der Waals surface area (Å²) in [5, 5.41) is 0. The van der Waals surface area contributed by atoms with E-state index in [4.69, 9.17) is 0 Å². The zero-order valence-electron chi connectivity index (χ0n) is 10.0. The van der Waals surface area contributed by atoms with Gasteiger partial charge in [-0.25, -0.2) is 0 Å². The van der Waals surface area contributed by atoms with Gasteiger partial charge in [-0.15, -0.1) is 0 Å². The first kappa shape index (κ1) is 13.5. The number of halogens is 3. The molecule has 94 valence electrons. The van der Waals surface area contributed by atoms with Crippen molar-refractivity contribution < 1.29 is 18.0 Å². The molecule has 2 atom stereocenters. The molecule has 1 aliphatic rings. The molecular weight excluding hydrogens is 217 g/mol. The van der Waals surface area contributed by atoms with E-state index in [0.29, 0.717) is 12.8 Å². The Bertz CT molecular complexity index is 262. The third kappa shape index (κ3) is 3.22. The lowest BCUT2D eigenvalue weighted by Crippen LogP contribution is -2.29. The van der Waals surface area contributed by atoms with Crippen LogP contribution < -0.4 is 0 Å². The van der Waals surface area contributed by atoms with Crippen molar-refractivity contribution in [3.05, 3.63) is 0 Å². The summed E-state index contributed by atoms with van der Waals surface area (Å²) >= 11 is 0. The molecule has 0 saturated heterocycles. The second-order valence-corrected chi connectivity index (χ2v) is 5.74. The maximum atomic E-state index is 12.6. The van der Waals surface area contributed by atoms with Gasteiger partial charge in [-0.3, -0.25) is 4.79 Å². The van der Waals surface area contributed by atoms with Gasteiger partial charge in [-0.05, 0) is 30.6 Å². The Morgan fingerprint density at radius 1 is 1.06 bits per heavy atom. The standard InChI is InChI=1S/C12H19F3O/c1-11(2,3)8-4-6-9(12(13,14)15)10(16)7-5-8/h8-9H,4-7H2,1-3H3. The van der Waals surface area contributed by atoms with Crippen molar-refractivity contribution in [2.45, 2.75) is 52.6 Å². The smallest absolute Gasteiger partial charge is 0.299 e. The zero-order chi connectivity index (χ0) is 12.6. The van der Waals surface area contributed by atoms with Gasteiger partial charge >= 0.3 is 6.18 Å². The largest absolute Gasteiger partial charge is 0.398 e. The van der Waals surface area contributed by atoms with Crippen LogP contribution in [0.15, 0.2) is 0 Å². The molecule has 1 fully saturated rings. The van der Waals surface area contributed by atoms with Gasteiger partial charge in [0, 0.05) is 6.42 Å². The van der Waals surface area contributed by atoms with E-state index >= 15 is 0 Å². The normalized spacial score (nSPS) is 29.0. The van der Waals surface area contributed by atoms with Crippen molar-refractivity contribution in [2.24, 2.45) is 17.3 Å². The summed E-state index contributed by atoms with van der Waals surface area (Å²) in [5.41, 5.74) is -0.0131. The fourth-order valence-electron chi connectivity index (χ4n) is 2.38. The van der Waals surface area contributed by atoms with Crippen LogP contribution in [0.4, 0.5) is 13.2 Å². The van der Waals surface area contributed by atoms with Gasteiger partial charge < -0.3 is 0 Å². The fourth-order valence-corrected chi connectivity index (χ4v) is 2.38. The first-order chi connectivity index (χ1) is 7.12. The molecule has 0 radical (unpaired) electrons. The third-order valence-corrected chi connectivity index (χ3v) is 3.55. The van der Waals surface area contributed by atoms with Crippen molar-refractivity contribution in [1.82, 2.24) is 0 Å². The van der Waals surface area contributed by atoms with Crippen LogP contribution in [0.1, 0.15) is 46.5 Å². The van der Waals surface area contributed by atoms with Gasteiger partial charge in [0.15, 0.2) is 0 Å². The summed E-state index contributed by atoms with van der Waals surface area (Å²) in [7, 11) is 0. The van der Waals surface area contributed by atoms with Crippen LogP contribution in [0.25, 0.3) is 0 Å². The number of ketones is 1. The third-order valence-electron chi connectivity index (χ3n) is 3.55. The van der Waals surface area contributed by atoms with Crippen LogP contribution in [0.2, 0.25) is 0 Å². The van der Waals surface area contributed by atoms with Crippen LogP contribution in [0.5, 0.6) is 0 Å². The van der Waals surface area contributed by atoms with Crippen LogP contribution in [0, 0.1) is 17.3 Å². The number of rotatable bonds is 0. The van der Waals surface area contributed by atoms with E-state index in [1.807, 2.05) is 20.8 Å². The Kier molecular flexibility index (Phi) is 3.70. The Morgan fingerprint density at radius 3 is 2.06 bits per heavy atom. The highest BCUT2D eigenvalue weighted by Gasteiger charge is 2.46. The molecule has 1 rings (SSSR count). The first-order valence-corrected chi connectivity index (χ1v) is 5.72. The first-order valence-electron chi connectivity index (χ1n) is 5.72.